The van der Waals surface area contributed by atoms with E-state index in [1.165, 1.54) is 0 Å². The summed E-state index contributed by atoms with van der Waals surface area (Å²) in [6.07, 6.45) is 0. The van der Waals surface area contributed by atoms with Crippen LogP contribution in [0.25, 0.3) is 0 Å². The van der Waals surface area contributed by atoms with E-state index < -0.39 is 0 Å². The number of allylic oxidation sites excluding steroid dienone is 2. The molecule has 0 saturated heterocycles. The minimum atomic E-state index is 0.432. The minimum Gasteiger partial charge on any atom is -0.0661 e. The molecule has 11 heavy (non-hydrogen) atoms. The maximum Gasteiger partial charge on any atom is -0.0124 e. The van der Waals surface area contributed by atoms with Gasteiger partial charge in [0.1, 0.15) is 0 Å². The van der Waals surface area contributed by atoms with E-state index in [4.69, 9.17) is 0 Å². The maximum atomic E-state index is 2.31. The first-order valence-electron chi connectivity index (χ1n) is 4.25. The Morgan fingerprint density at radius 1 is 0.727 bits per heavy atom. The van der Waals surface area contributed by atoms with Gasteiger partial charge < -0.3 is 0 Å². The Hall–Kier alpha value is 0.170. The molecule has 0 nitrogen and oxygen atoms in total. The van der Waals surface area contributed by atoms with Crippen LogP contribution < -0.4 is 0 Å². The molecule has 0 bridgehead atoms. The van der Waals surface area contributed by atoms with Crippen molar-refractivity contribution in [2.45, 2.75) is 41.5 Å². The second-order valence-corrected chi connectivity index (χ2v) is 6.62. The molecule has 0 amide bonds. The van der Waals surface area contributed by atoms with Crippen molar-refractivity contribution in [3.63, 3.8) is 0 Å². The van der Waals surface area contributed by atoms with Gasteiger partial charge in [-0.3, -0.25) is 0 Å². The van der Waals surface area contributed by atoms with Gasteiger partial charge in [0.15, 0.2) is 0 Å². The van der Waals surface area contributed by atoms with Crippen LogP contribution in [0.3, 0.4) is 0 Å². The first-order valence-corrected chi connectivity index (χ1v) is 5.25. The van der Waals surface area contributed by atoms with Gasteiger partial charge in [-0.15, -0.1) is 0 Å². The summed E-state index contributed by atoms with van der Waals surface area (Å²) in [5.74, 6) is 0. The van der Waals surface area contributed by atoms with Crippen LogP contribution in [0.15, 0.2) is 10.6 Å². The summed E-state index contributed by atoms with van der Waals surface area (Å²) in [6.45, 7) is 13.9. The van der Waals surface area contributed by atoms with Crippen LogP contribution in [0.5, 0.6) is 0 Å². The molecule has 1 aliphatic rings. The monoisotopic (exact) mass is 170 g/mol. The van der Waals surface area contributed by atoms with Crippen molar-refractivity contribution in [1.29, 1.82) is 0 Å². The summed E-state index contributed by atoms with van der Waals surface area (Å²) in [5.41, 5.74) is 0.863. The lowest BCUT2D eigenvalue weighted by Gasteiger charge is -2.15. The second kappa shape index (κ2) is 2.33. The smallest absolute Gasteiger partial charge is 0.0124 e. The molecule has 64 valence electrons. The molecule has 1 rings (SSSR count). The van der Waals surface area contributed by atoms with E-state index in [9.17, 15) is 0 Å². The molecule has 0 aromatic rings. The highest BCUT2D eigenvalue weighted by atomic mass is 31.1. The summed E-state index contributed by atoms with van der Waals surface area (Å²) < 4.78 is 0. The van der Waals surface area contributed by atoms with Crippen LogP contribution in [0.2, 0.25) is 0 Å². The zero-order chi connectivity index (χ0) is 8.86. The Morgan fingerprint density at radius 3 is 1.09 bits per heavy atom. The van der Waals surface area contributed by atoms with Crippen molar-refractivity contribution in [3.05, 3.63) is 10.6 Å². The molecule has 0 fully saturated rings. The highest BCUT2D eigenvalue weighted by Crippen LogP contribution is 2.66. The Morgan fingerprint density at radius 2 is 1.00 bits per heavy atom. The molecule has 0 N–H and O–H groups in total. The lowest BCUT2D eigenvalue weighted by molar-refractivity contribution is 0.502. The Labute approximate surface area is 72.2 Å². The highest BCUT2D eigenvalue weighted by molar-refractivity contribution is 7.56. The fraction of sp³-hybridized carbons (Fsp3) is 0.800. The number of rotatable bonds is 0. The first kappa shape index (κ1) is 9.26. The minimum absolute atomic E-state index is 0.432. The van der Waals surface area contributed by atoms with Gasteiger partial charge in [0.25, 0.3) is 0 Å². The summed E-state index contributed by atoms with van der Waals surface area (Å²) in [5, 5.41) is 3.43. The Bertz CT molecular complexity index is 176. The fourth-order valence-corrected chi connectivity index (χ4v) is 2.91. The SMILES string of the molecule is CC(C)(C)C1=C(C(C)(C)C)P1. The van der Waals surface area contributed by atoms with Crippen LogP contribution >= 0.6 is 8.58 Å². The van der Waals surface area contributed by atoms with Crippen molar-refractivity contribution >= 4 is 8.58 Å². The summed E-state index contributed by atoms with van der Waals surface area (Å²) in [7, 11) is 1.05. The van der Waals surface area contributed by atoms with Crippen molar-refractivity contribution < 1.29 is 0 Å². The molecule has 0 atom stereocenters. The van der Waals surface area contributed by atoms with E-state index in [1.807, 2.05) is 0 Å². The van der Waals surface area contributed by atoms with Gasteiger partial charge in [0.05, 0.1) is 0 Å². The number of hydrogen-bond acceptors (Lipinski definition) is 0. The molecule has 0 unspecified atom stereocenters. The standard InChI is InChI=1S/C10H19P/c1-9(2,3)7-8(11-7)10(4,5)6/h11H,1-6H3. The zero-order valence-corrected chi connectivity index (χ0v) is 9.50. The van der Waals surface area contributed by atoms with Crippen LogP contribution in [0.4, 0.5) is 0 Å². The van der Waals surface area contributed by atoms with Gasteiger partial charge in [-0.05, 0) is 21.5 Å². The maximum absolute atomic E-state index is 2.31. The Kier molecular flexibility index (Phi) is 1.96. The molecule has 0 radical (unpaired) electrons. The third-order valence-electron chi connectivity index (χ3n) is 1.94. The van der Waals surface area contributed by atoms with E-state index in [-0.39, 0.29) is 0 Å². The van der Waals surface area contributed by atoms with E-state index >= 15 is 0 Å². The van der Waals surface area contributed by atoms with Crippen molar-refractivity contribution in [3.8, 4) is 0 Å². The lowest BCUT2D eigenvalue weighted by atomic mass is 9.89. The van der Waals surface area contributed by atoms with Gasteiger partial charge in [-0.25, -0.2) is 0 Å². The van der Waals surface area contributed by atoms with E-state index in [2.05, 4.69) is 41.5 Å². The summed E-state index contributed by atoms with van der Waals surface area (Å²) in [4.78, 5) is 0. The third kappa shape index (κ3) is 2.06. The van der Waals surface area contributed by atoms with E-state index in [0.29, 0.717) is 10.8 Å². The lowest BCUT2D eigenvalue weighted by Crippen LogP contribution is -2.04. The molecule has 0 aromatic carbocycles. The molecule has 1 heterocycles. The van der Waals surface area contributed by atoms with Crippen LogP contribution in [-0.4, -0.2) is 0 Å². The van der Waals surface area contributed by atoms with E-state index in [0.717, 1.165) is 8.58 Å². The van der Waals surface area contributed by atoms with Gasteiger partial charge in [-0.1, -0.05) is 50.1 Å². The second-order valence-electron chi connectivity index (χ2n) is 5.38. The normalized spacial score (nSPS) is 19.1. The van der Waals surface area contributed by atoms with Crippen molar-refractivity contribution in [2.75, 3.05) is 0 Å². The zero-order valence-electron chi connectivity index (χ0n) is 8.50. The fourth-order valence-electron chi connectivity index (χ4n) is 1.22. The molecule has 1 heteroatoms. The summed E-state index contributed by atoms with van der Waals surface area (Å²) in [6, 6.07) is 0. The highest BCUT2D eigenvalue weighted by Gasteiger charge is 2.37. The average Bonchev–Trinajstić information content (AvgIpc) is 2.30. The van der Waals surface area contributed by atoms with Gasteiger partial charge in [0.2, 0.25) is 0 Å². The van der Waals surface area contributed by atoms with Crippen molar-refractivity contribution in [1.82, 2.24) is 0 Å². The van der Waals surface area contributed by atoms with E-state index in [1.54, 1.807) is 10.6 Å². The number of hydrogen-bond donors (Lipinski definition) is 0. The molecule has 0 spiro atoms. The average molecular weight is 170 g/mol. The van der Waals surface area contributed by atoms with Crippen LogP contribution in [0, 0.1) is 10.8 Å². The largest absolute Gasteiger partial charge is 0.0661 e. The van der Waals surface area contributed by atoms with Gasteiger partial charge in [0, 0.05) is 0 Å². The van der Waals surface area contributed by atoms with Crippen molar-refractivity contribution in [2.24, 2.45) is 10.8 Å². The topological polar surface area (TPSA) is 0 Å². The molecule has 0 aliphatic carbocycles. The predicted octanol–water partition coefficient (Wildman–Crippen LogP) is 3.98. The Balaban J connectivity index is 2.77. The molecule has 0 saturated carbocycles. The van der Waals surface area contributed by atoms with Crippen LogP contribution in [0.1, 0.15) is 41.5 Å². The van der Waals surface area contributed by atoms with Gasteiger partial charge >= 0.3 is 0 Å². The predicted molar refractivity (Wildman–Crippen MR) is 54.3 cm³/mol. The quantitative estimate of drug-likeness (QED) is 0.482. The third-order valence-corrected chi connectivity index (χ3v) is 4.19. The van der Waals surface area contributed by atoms with Gasteiger partial charge in [-0.2, -0.15) is 0 Å². The van der Waals surface area contributed by atoms with Crippen LogP contribution in [-0.2, 0) is 0 Å². The molecular formula is C10H19P. The summed E-state index contributed by atoms with van der Waals surface area (Å²) >= 11 is 0. The first-order chi connectivity index (χ1) is 4.73. The molecule has 0 aromatic heterocycles. The molecule has 1 aliphatic heterocycles. The molecular weight excluding hydrogens is 151 g/mol.